The molecular formula is C22H30CuO4. The predicted octanol–water partition coefficient (Wildman–Crippen LogP) is 1.90. The number of aliphatic carboxylic acids is 2. The van der Waals surface area contributed by atoms with Crippen molar-refractivity contribution in [3.05, 3.63) is 0 Å². The van der Waals surface area contributed by atoms with Crippen molar-refractivity contribution < 1.29 is 36.9 Å². The average molecular weight is 422 g/mol. The molecule has 4 nitrogen and oxygen atoms in total. The summed E-state index contributed by atoms with van der Waals surface area (Å²) in [6.07, 6.45) is 13.3. The summed E-state index contributed by atoms with van der Waals surface area (Å²) in [6, 6.07) is 0. The fourth-order valence-electron chi connectivity index (χ4n) is 8.72. The molecular weight excluding hydrogens is 392 g/mol. The van der Waals surface area contributed by atoms with Crippen LogP contribution in [0, 0.1) is 46.3 Å². The second kappa shape index (κ2) is 6.76. The van der Waals surface area contributed by atoms with Crippen molar-refractivity contribution in [3.8, 4) is 0 Å². The Balaban J connectivity index is 0.000000129. The number of carbonyl (C=O) groups is 2. The van der Waals surface area contributed by atoms with Gasteiger partial charge in [-0.05, 0) is 113 Å². The minimum atomic E-state index is -0.758. The summed E-state index contributed by atoms with van der Waals surface area (Å²) in [6.45, 7) is 0. The van der Waals surface area contributed by atoms with Gasteiger partial charge in [-0.15, -0.1) is 0 Å². The fourth-order valence-corrected chi connectivity index (χ4v) is 8.72. The minimum absolute atomic E-state index is 0. The molecule has 8 bridgehead atoms. The summed E-state index contributed by atoms with van der Waals surface area (Å²) < 4.78 is 0. The zero-order chi connectivity index (χ0) is 18.1. The van der Waals surface area contributed by atoms with E-state index in [9.17, 15) is 19.8 Å². The van der Waals surface area contributed by atoms with E-state index in [0.717, 1.165) is 38.5 Å². The Morgan fingerprint density at radius 3 is 0.852 bits per heavy atom. The van der Waals surface area contributed by atoms with Crippen molar-refractivity contribution >= 4 is 11.9 Å². The van der Waals surface area contributed by atoms with Crippen LogP contribution in [0.2, 0.25) is 0 Å². The normalized spacial score (nSPS) is 50.5. The first kappa shape index (κ1) is 19.8. The van der Waals surface area contributed by atoms with E-state index in [4.69, 9.17) is 0 Å². The van der Waals surface area contributed by atoms with Crippen LogP contribution in [0.25, 0.3) is 0 Å². The molecule has 0 aromatic carbocycles. The van der Waals surface area contributed by atoms with Crippen molar-refractivity contribution in [2.24, 2.45) is 46.3 Å². The number of rotatable bonds is 2. The standard InChI is InChI=1S/2C11H16O2.Cu/c2*12-10(13)11-4-7-1-8(5-11)3-9(2-7)6-11;/h2*7-9H,1-6H2,(H,12,13);/q;;+2/p-2. The summed E-state index contributed by atoms with van der Waals surface area (Å²) in [5, 5.41) is 22.3. The molecule has 8 aliphatic carbocycles. The van der Waals surface area contributed by atoms with Gasteiger partial charge >= 0.3 is 17.1 Å². The Morgan fingerprint density at radius 1 is 0.519 bits per heavy atom. The van der Waals surface area contributed by atoms with Crippen LogP contribution in [0.4, 0.5) is 0 Å². The van der Waals surface area contributed by atoms with E-state index in [1.165, 1.54) is 38.5 Å². The summed E-state index contributed by atoms with van der Waals surface area (Å²) in [7, 11) is 0. The molecule has 8 rings (SSSR count). The Kier molecular flexibility index (Phi) is 4.95. The molecule has 0 aliphatic heterocycles. The third-order valence-corrected chi connectivity index (χ3v) is 8.94. The molecule has 0 heterocycles. The molecule has 153 valence electrons. The summed E-state index contributed by atoms with van der Waals surface area (Å²) >= 11 is 0. The second-order valence-electron chi connectivity index (χ2n) is 11.0. The van der Waals surface area contributed by atoms with Gasteiger partial charge < -0.3 is 19.8 Å². The minimum Gasteiger partial charge on any atom is -0.550 e. The van der Waals surface area contributed by atoms with Gasteiger partial charge in [0.15, 0.2) is 0 Å². The van der Waals surface area contributed by atoms with Gasteiger partial charge in [0.25, 0.3) is 0 Å². The van der Waals surface area contributed by atoms with E-state index in [0.29, 0.717) is 35.5 Å². The van der Waals surface area contributed by atoms with Gasteiger partial charge in [0.1, 0.15) is 0 Å². The van der Waals surface area contributed by atoms with Crippen LogP contribution in [0.3, 0.4) is 0 Å². The van der Waals surface area contributed by atoms with Crippen LogP contribution in [0.1, 0.15) is 77.0 Å². The molecule has 0 N–H and O–H groups in total. The summed E-state index contributed by atoms with van der Waals surface area (Å²) in [4.78, 5) is 22.3. The van der Waals surface area contributed by atoms with E-state index in [-0.39, 0.29) is 17.1 Å². The van der Waals surface area contributed by atoms with E-state index in [2.05, 4.69) is 0 Å². The van der Waals surface area contributed by atoms with Crippen molar-refractivity contribution in [1.82, 2.24) is 0 Å². The number of hydrogen-bond acceptors (Lipinski definition) is 4. The second-order valence-corrected chi connectivity index (χ2v) is 11.0. The van der Waals surface area contributed by atoms with Crippen LogP contribution < -0.4 is 10.2 Å². The first-order valence-electron chi connectivity index (χ1n) is 10.8. The average Bonchev–Trinajstić information content (AvgIpc) is 2.52. The monoisotopic (exact) mass is 421 g/mol. The van der Waals surface area contributed by atoms with Crippen LogP contribution in [0.15, 0.2) is 0 Å². The Hall–Kier alpha value is -0.541. The maximum Gasteiger partial charge on any atom is 2.00 e. The van der Waals surface area contributed by atoms with Gasteiger partial charge in [-0.2, -0.15) is 0 Å². The van der Waals surface area contributed by atoms with Gasteiger partial charge in [-0.25, -0.2) is 0 Å². The summed E-state index contributed by atoms with van der Waals surface area (Å²) in [5.41, 5.74) is -0.788. The molecule has 0 aromatic heterocycles. The van der Waals surface area contributed by atoms with Crippen molar-refractivity contribution in [1.29, 1.82) is 0 Å². The molecule has 0 saturated heterocycles. The molecule has 0 atom stereocenters. The van der Waals surface area contributed by atoms with Gasteiger partial charge in [0.05, 0.1) is 0 Å². The zero-order valence-corrected chi connectivity index (χ0v) is 16.8. The molecule has 0 spiro atoms. The maximum atomic E-state index is 11.1. The van der Waals surface area contributed by atoms with Crippen LogP contribution in [-0.2, 0) is 26.7 Å². The fraction of sp³-hybridized carbons (Fsp3) is 0.909. The third kappa shape index (κ3) is 3.27. The Morgan fingerprint density at radius 2 is 0.704 bits per heavy atom. The van der Waals surface area contributed by atoms with Gasteiger partial charge in [-0.3, -0.25) is 0 Å². The number of hydrogen-bond donors (Lipinski definition) is 0. The molecule has 0 aromatic rings. The Labute approximate surface area is 172 Å². The smallest absolute Gasteiger partial charge is 0.550 e. The molecule has 8 fully saturated rings. The van der Waals surface area contributed by atoms with Crippen LogP contribution in [-0.4, -0.2) is 11.9 Å². The third-order valence-electron chi connectivity index (χ3n) is 8.94. The Bertz CT molecular complexity index is 503. The molecule has 8 saturated carbocycles. The van der Waals surface area contributed by atoms with Gasteiger partial charge in [-0.1, -0.05) is 0 Å². The van der Waals surface area contributed by atoms with E-state index < -0.39 is 22.8 Å². The molecule has 1 radical (unpaired) electrons. The van der Waals surface area contributed by atoms with Crippen molar-refractivity contribution in [2.75, 3.05) is 0 Å². The molecule has 0 amide bonds. The van der Waals surface area contributed by atoms with E-state index in [1.54, 1.807) is 0 Å². The molecule has 5 heteroatoms. The first-order chi connectivity index (χ1) is 12.4. The maximum absolute atomic E-state index is 11.1. The zero-order valence-electron chi connectivity index (χ0n) is 15.9. The quantitative estimate of drug-likeness (QED) is 0.638. The van der Waals surface area contributed by atoms with Gasteiger partial charge in [0.2, 0.25) is 0 Å². The van der Waals surface area contributed by atoms with Crippen LogP contribution in [0.5, 0.6) is 0 Å². The van der Waals surface area contributed by atoms with Crippen molar-refractivity contribution in [2.45, 2.75) is 77.0 Å². The van der Waals surface area contributed by atoms with Gasteiger partial charge in [0, 0.05) is 22.8 Å². The predicted molar refractivity (Wildman–Crippen MR) is 91.2 cm³/mol. The van der Waals surface area contributed by atoms with Crippen LogP contribution >= 0.6 is 0 Å². The topological polar surface area (TPSA) is 80.3 Å². The molecule has 27 heavy (non-hydrogen) atoms. The summed E-state index contributed by atoms with van der Waals surface area (Å²) in [5.74, 6) is 2.76. The van der Waals surface area contributed by atoms with Crippen molar-refractivity contribution in [3.63, 3.8) is 0 Å². The largest absolute Gasteiger partial charge is 2.00 e. The molecule has 8 aliphatic rings. The first-order valence-corrected chi connectivity index (χ1v) is 10.8. The SMILES string of the molecule is O=C([O-])C12CC3CC(CC(C3)C1)C2.O=C([O-])C12CC3CC(CC(C3)C1)C2.[Cu+2]. The number of carbonyl (C=O) groups excluding carboxylic acids is 2. The molecule has 0 unspecified atom stereocenters. The van der Waals surface area contributed by atoms with E-state index >= 15 is 0 Å². The number of carboxylic acids is 2. The van der Waals surface area contributed by atoms with E-state index in [1.807, 2.05) is 0 Å². The number of carboxylic acid groups (broad SMARTS) is 2.